The Labute approximate surface area is 164 Å². The Balaban J connectivity index is 1.92. The fraction of sp³-hybridized carbons (Fsp3) is 0.500. The highest BCUT2D eigenvalue weighted by Crippen LogP contribution is 2.24. The first-order valence-electron chi connectivity index (χ1n) is 9.49. The van der Waals surface area contributed by atoms with Crippen LogP contribution in [0.3, 0.4) is 0 Å². The third kappa shape index (κ3) is 4.49. The zero-order valence-corrected chi connectivity index (χ0v) is 16.7. The monoisotopic (exact) mass is 389 g/mol. The Bertz CT molecular complexity index is 756. The maximum absolute atomic E-state index is 12.5. The van der Waals surface area contributed by atoms with Gasteiger partial charge in [0.1, 0.15) is 12.1 Å². The van der Waals surface area contributed by atoms with Gasteiger partial charge >= 0.3 is 12.0 Å². The predicted molar refractivity (Wildman–Crippen MR) is 104 cm³/mol. The summed E-state index contributed by atoms with van der Waals surface area (Å²) in [6.07, 6.45) is 0.675. The Morgan fingerprint density at radius 3 is 2.25 bits per heavy atom. The molecule has 1 heterocycles. The van der Waals surface area contributed by atoms with E-state index in [1.807, 2.05) is 19.1 Å². The maximum atomic E-state index is 12.5. The molecule has 0 radical (unpaired) electrons. The van der Waals surface area contributed by atoms with Crippen LogP contribution in [0.5, 0.6) is 0 Å². The summed E-state index contributed by atoms with van der Waals surface area (Å²) in [5.41, 5.74) is 0.751. The third-order valence-corrected chi connectivity index (χ3v) is 5.05. The first kappa shape index (κ1) is 21.4. The van der Waals surface area contributed by atoms with Gasteiger partial charge in [-0.2, -0.15) is 0 Å². The van der Waals surface area contributed by atoms with E-state index in [1.54, 1.807) is 26.0 Å². The van der Waals surface area contributed by atoms with Crippen LogP contribution in [0.1, 0.15) is 46.1 Å². The zero-order valence-electron chi connectivity index (χ0n) is 16.7. The molecule has 1 aliphatic heterocycles. The number of aryl methyl sites for hydroxylation is 1. The van der Waals surface area contributed by atoms with Crippen LogP contribution in [0.2, 0.25) is 0 Å². The second-order valence-corrected chi connectivity index (χ2v) is 6.78. The number of hydrogen-bond donors (Lipinski definition) is 2. The van der Waals surface area contributed by atoms with Crippen LogP contribution in [0.15, 0.2) is 24.3 Å². The lowest BCUT2D eigenvalue weighted by Gasteiger charge is -2.23. The quantitative estimate of drug-likeness (QED) is 0.524. The molecule has 1 aromatic carbocycles. The normalized spacial score (nSPS) is 16.5. The molecule has 1 atom stereocenters. The first-order valence-corrected chi connectivity index (χ1v) is 9.49. The van der Waals surface area contributed by atoms with Gasteiger partial charge in [-0.15, -0.1) is 0 Å². The number of nitrogens with zero attached hydrogens (tertiary/aromatic N) is 1. The van der Waals surface area contributed by atoms with Crippen LogP contribution in [0.25, 0.3) is 0 Å². The summed E-state index contributed by atoms with van der Waals surface area (Å²) in [5, 5.41) is 5.31. The average molecular weight is 389 g/mol. The number of carbonyl (C=O) groups excluding carboxylic acids is 4. The van der Waals surface area contributed by atoms with E-state index < -0.39 is 42.0 Å². The molecular weight excluding hydrogens is 362 g/mol. The van der Waals surface area contributed by atoms with Gasteiger partial charge in [0.25, 0.3) is 11.8 Å². The van der Waals surface area contributed by atoms with E-state index in [0.29, 0.717) is 18.5 Å². The number of carbonyl (C=O) groups is 4. The highest BCUT2D eigenvalue weighted by Gasteiger charge is 2.49. The van der Waals surface area contributed by atoms with E-state index in [1.165, 1.54) is 6.92 Å². The molecule has 2 rings (SSSR count). The molecule has 8 heteroatoms. The number of hydrogen-bond acceptors (Lipinski definition) is 5. The molecule has 0 bridgehead atoms. The van der Waals surface area contributed by atoms with Crippen molar-refractivity contribution in [3.05, 3.63) is 29.8 Å². The molecule has 0 aromatic heterocycles. The number of rotatable bonds is 8. The number of esters is 1. The molecule has 8 nitrogen and oxygen atoms in total. The van der Waals surface area contributed by atoms with Crippen molar-refractivity contribution in [1.29, 1.82) is 0 Å². The largest absolute Gasteiger partial charge is 0.451 e. The van der Waals surface area contributed by atoms with Crippen molar-refractivity contribution in [2.75, 3.05) is 11.9 Å². The van der Waals surface area contributed by atoms with Gasteiger partial charge < -0.3 is 15.4 Å². The number of benzene rings is 1. The summed E-state index contributed by atoms with van der Waals surface area (Å²) in [5.74, 6) is -1.77. The van der Waals surface area contributed by atoms with Crippen molar-refractivity contribution in [2.45, 2.75) is 58.6 Å². The summed E-state index contributed by atoms with van der Waals surface area (Å²) in [4.78, 5) is 49.8. The summed E-state index contributed by atoms with van der Waals surface area (Å²) in [6, 6.07) is 6.72. The highest BCUT2D eigenvalue weighted by molar-refractivity contribution is 6.08. The molecule has 1 aliphatic rings. The van der Waals surface area contributed by atoms with Gasteiger partial charge in [-0.3, -0.25) is 19.3 Å². The lowest BCUT2D eigenvalue weighted by atomic mass is 9.93. The minimum absolute atomic E-state index is 0.426. The van der Waals surface area contributed by atoms with E-state index in [-0.39, 0.29) is 0 Å². The van der Waals surface area contributed by atoms with E-state index in [4.69, 9.17) is 4.74 Å². The molecule has 1 saturated heterocycles. The van der Waals surface area contributed by atoms with Crippen LogP contribution in [-0.2, 0) is 25.5 Å². The molecule has 0 unspecified atom stereocenters. The van der Waals surface area contributed by atoms with Crippen LogP contribution in [0, 0.1) is 0 Å². The Hall–Kier alpha value is -2.90. The van der Waals surface area contributed by atoms with Crippen molar-refractivity contribution in [1.82, 2.24) is 10.2 Å². The predicted octanol–water partition coefficient (Wildman–Crippen LogP) is 2.23. The number of urea groups is 1. The van der Waals surface area contributed by atoms with Gasteiger partial charge in [0.2, 0.25) is 0 Å². The molecule has 0 saturated carbocycles. The number of amides is 4. The van der Waals surface area contributed by atoms with Crippen LogP contribution < -0.4 is 10.6 Å². The van der Waals surface area contributed by atoms with Crippen molar-refractivity contribution in [3.8, 4) is 0 Å². The Morgan fingerprint density at radius 2 is 1.75 bits per heavy atom. The lowest BCUT2D eigenvalue weighted by Crippen LogP contribution is -2.46. The molecule has 152 valence electrons. The van der Waals surface area contributed by atoms with Crippen molar-refractivity contribution in [3.63, 3.8) is 0 Å². The third-order valence-electron chi connectivity index (χ3n) is 5.05. The van der Waals surface area contributed by atoms with Crippen molar-refractivity contribution < 1.29 is 23.9 Å². The minimum atomic E-state index is -1.07. The summed E-state index contributed by atoms with van der Waals surface area (Å²) >= 11 is 0. The Kier molecular flexibility index (Phi) is 6.77. The standard InChI is InChI=1S/C20H27N3O5/c1-5-14-8-10-15(11-9-14)21-17(25)13(4)28-16(24)12-23-18(26)20(6-2,7-3)22-19(23)27/h8-11,13H,5-7,12H2,1-4H3,(H,21,25)(H,22,27)/t13-/m1/s1. The molecule has 1 aromatic rings. The van der Waals surface area contributed by atoms with E-state index in [9.17, 15) is 19.2 Å². The molecular formula is C20H27N3O5. The molecule has 1 fully saturated rings. The average Bonchev–Trinajstić information content (AvgIpc) is 2.93. The smallest absolute Gasteiger partial charge is 0.327 e. The maximum Gasteiger partial charge on any atom is 0.327 e. The van der Waals surface area contributed by atoms with E-state index >= 15 is 0 Å². The summed E-state index contributed by atoms with van der Waals surface area (Å²) < 4.78 is 5.10. The molecule has 28 heavy (non-hydrogen) atoms. The van der Waals surface area contributed by atoms with E-state index in [0.717, 1.165) is 16.9 Å². The zero-order chi connectivity index (χ0) is 20.9. The van der Waals surface area contributed by atoms with Gasteiger partial charge in [0.05, 0.1) is 0 Å². The fourth-order valence-electron chi connectivity index (χ4n) is 3.03. The van der Waals surface area contributed by atoms with Gasteiger partial charge in [-0.25, -0.2) is 4.79 Å². The van der Waals surface area contributed by atoms with Crippen molar-refractivity contribution >= 4 is 29.5 Å². The second-order valence-electron chi connectivity index (χ2n) is 6.78. The van der Waals surface area contributed by atoms with Gasteiger partial charge in [-0.1, -0.05) is 32.9 Å². The van der Waals surface area contributed by atoms with Crippen LogP contribution in [0.4, 0.5) is 10.5 Å². The SMILES string of the molecule is CCc1ccc(NC(=O)[C@@H](C)OC(=O)CN2C(=O)NC(CC)(CC)C2=O)cc1. The molecule has 4 amide bonds. The molecule has 2 N–H and O–H groups in total. The second kappa shape index (κ2) is 8.86. The highest BCUT2D eigenvalue weighted by atomic mass is 16.5. The topological polar surface area (TPSA) is 105 Å². The van der Waals surface area contributed by atoms with Gasteiger partial charge in [0, 0.05) is 5.69 Å². The molecule has 0 spiro atoms. The summed E-state index contributed by atoms with van der Waals surface area (Å²) in [7, 11) is 0. The van der Waals surface area contributed by atoms with E-state index in [2.05, 4.69) is 10.6 Å². The van der Waals surface area contributed by atoms with Crippen molar-refractivity contribution in [2.24, 2.45) is 0 Å². The van der Waals surface area contributed by atoms with Crippen LogP contribution >= 0.6 is 0 Å². The number of imide groups is 1. The lowest BCUT2D eigenvalue weighted by molar-refractivity contribution is -0.155. The van der Waals surface area contributed by atoms with Gasteiger partial charge in [0.15, 0.2) is 6.10 Å². The fourth-order valence-corrected chi connectivity index (χ4v) is 3.03. The minimum Gasteiger partial charge on any atom is -0.451 e. The first-order chi connectivity index (χ1) is 13.3. The summed E-state index contributed by atoms with van der Waals surface area (Å²) in [6.45, 7) is 6.52. The van der Waals surface area contributed by atoms with Gasteiger partial charge in [-0.05, 0) is 43.9 Å². The molecule has 0 aliphatic carbocycles. The number of nitrogens with one attached hydrogen (secondary N) is 2. The number of ether oxygens (including phenoxy) is 1. The Morgan fingerprint density at radius 1 is 1.14 bits per heavy atom. The number of anilines is 1. The van der Waals surface area contributed by atoms with Crippen LogP contribution in [-0.4, -0.2) is 46.9 Å².